The molecule has 1 aliphatic rings. The van der Waals surface area contributed by atoms with Crippen LogP contribution in [0.5, 0.6) is 0 Å². The van der Waals surface area contributed by atoms with Crippen molar-refractivity contribution in [1.82, 2.24) is 0 Å². The van der Waals surface area contributed by atoms with Gasteiger partial charge in [-0.05, 0) is 54.7 Å². The number of fused-ring (bicyclic) bond motifs is 1. The minimum absolute atomic E-state index is 0.00494. The molecule has 3 aromatic rings. The first kappa shape index (κ1) is 22.5. The Morgan fingerprint density at radius 1 is 1.03 bits per heavy atom. The van der Waals surface area contributed by atoms with Crippen molar-refractivity contribution >= 4 is 33.1 Å². The number of sulfonamides is 1. The minimum Gasteiger partial charge on any atom is -0.384 e. The van der Waals surface area contributed by atoms with Crippen molar-refractivity contribution in [2.75, 3.05) is 16.2 Å². The van der Waals surface area contributed by atoms with Crippen LogP contribution in [0.15, 0.2) is 77.7 Å². The molecule has 3 aromatic carbocycles. The third-order valence-corrected chi connectivity index (χ3v) is 7.10. The molecule has 1 heterocycles. The van der Waals surface area contributed by atoms with Crippen LogP contribution < -0.4 is 15.4 Å². The average Bonchev–Trinajstić information content (AvgIpc) is 2.82. The van der Waals surface area contributed by atoms with Crippen LogP contribution in [-0.4, -0.2) is 26.7 Å². The Balaban J connectivity index is 1.49. The lowest BCUT2D eigenvalue weighted by Crippen LogP contribution is -2.35. The number of amides is 1. The third kappa shape index (κ3) is 5.23. The smallest absolute Gasteiger partial charge is 0.261 e. The summed E-state index contributed by atoms with van der Waals surface area (Å²) in [5, 5.41) is 7.47. The highest BCUT2D eigenvalue weighted by Gasteiger charge is 2.23. The van der Waals surface area contributed by atoms with Crippen LogP contribution in [0.25, 0.3) is 0 Å². The highest BCUT2D eigenvalue weighted by atomic mass is 32.2. The van der Waals surface area contributed by atoms with Crippen molar-refractivity contribution in [3.8, 4) is 0 Å². The summed E-state index contributed by atoms with van der Waals surface area (Å²) >= 11 is 0. The van der Waals surface area contributed by atoms with Gasteiger partial charge in [-0.1, -0.05) is 48.5 Å². The molecule has 4 rings (SSSR count). The fraction of sp³-hybridized carbons (Fsp3) is 0.200. The summed E-state index contributed by atoms with van der Waals surface area (Å²) in [5.41, 5.74) is 9.36. The van der Waals surface area contributed by atoms with Gasteiger partial charge in [-0.2, -0.15) is 0 Å². The monoisotopic (exact) mass is 462 g/mol. The summed E-state index contributed by atoms with van der Waals surface area (Å²) in [6.07, 6.45) is 2.61. The molecule has 4 N–H and O–H groups in total. The van der Waals surface area contributed by atoms with Crippen LogP contribution in [0.4, 0.5) is 11.4 Å². The minimum atomic E-state index is -3.71. The summed E-state index contributed by atoms with van der Waals surface area (Å²) in [4.78, 5) is 15.0. The van der Waals surface area contributed by atoms with E-state index in [2.05, 4.69) is 4.72 Å². The number of nitrogens with zero attached hydrogens (tertiary/aromatic N) is 1. The van der Waals surface area contributed by atoms with Gasteiger partial charge in [0.25, 0.3) is 10.0 Å². The van der Waals surface area contributed by atoms with Crippen LogP contribution in [-0.2, 0) is 27.7 Å². The summed E-state index contributed by atoms with van der Waals surface area (Å²) in [5.74, 6) is 0.0101. The van der Waals surface area contributed by atoms with Crippen LogP contribution in [0, 0.1) is 5.41 Å². The Morgan fingerprint density at radius 3 is 2.45 bits per heavy atom. The van der Waals surface area contributed by atoms with Crippen molar-refractivity contribution in [3.05, 3.63) is 89.5 Å². The number of benzene rings is 3. The Bertz CT molecular complexity index is 1270. The highest BCUT2D eigenvalue weighted by Crippen LogP contribution is 2.31. The summed E-state index contributed by atoms with van der Waals surface area (Å²) < 4.78 is 28.0. The molecule has 8 heteroatoms. The number of hydrogen-bond acceptors (Lipinski definition) is 4. The zero-order valence-electron chi connectivity index (χ0n) is 18.1. The molecule has 1 aliphatic heterocycles. The molecule has 0 atom stereocenters. The van der Waals surface area contributed by atoms with E-state index in [1.165, 1.54) is 0 Å². The molecule has 0 radical (unpaired) electrons. The van der Waals surface area contributed by atoms with E-state index in [9.17, 15) is 13.2 Å². The van der Waals surface area contributed by atoms with E-state index in [1.807, 2.05) is 18.2 Å². The molecule has 0 fully saturated rings. The van der Waals surface area contributed by atoms with E-state index in [1.54, 1.807) is 59.5 Å². The Kier molecular flexibility index (Phi) is 6.46. The van der Waals surface area contributed by atoms with Gasteiger partial charge in [-0.25, -0.2) is 8.42 Å². The topological polar surface area (TPSA) is 116 Å². The second kappa shape index (κ2) is 9.46. The maximum Gasteiger partial charge on any atom is 0.261 e. The predicted molar refractivity (Wildman–Crippen MR) is 130 cm³/mol. The molecule has 0 aromatic heterocycles. The van der Waals surface area contributed by atoms with Gasteiger partial charge < -0.3 is 10.6 Å². The van der Waals surface area contributed by atoms with Crippen molar-refractivity contribution in [1.29, 1.82) is 5.41 Å². The van der Waals surface area contributed by atoms with Gasteiger partial charge in [0.15, 0.2) is 0 Å². The molecule has 7 nitrogen and oxygen atoms in total. The number of amidine groups is 1. The quantitative estimate of drug-likeness (QED) is 0.367. The fourth-order valence-electron chi connectivity index (χ4n) is 3.95. The zero-order chi connectivity index (χ0) is 23.4. The van der Waals surface area contributed by atoms with Crippen molar-refractivity contribution in [3.63, 3.8) is 0 Å². The van der Waals surface area contributed by atoms with Crippen LogP contribution in [0.1, 0.15) is 29.5 Å². The first-order valence-electron chi connectivity index (χ1n) is 10.8. The van der Waals surface area contributed by atoms with Gasteiger partial charge >= 0.3 is 0 Å². The Morgan fingerprint density at radius 2 is 1.76 bits per heavy atom. The van der Waals surface area contributed by atoms with Gasteiger partial charge in [0.05, 0.1) is 10.6 Å². The number of rotatable bonds is 7. The standard InChI is InChI=1S/C25H26N4O3S/c26-25(27)20-11-8-18(9-12-20)10-15-24(30)29-16-4-5-19-13-14-21(17-23(19)29)28-33(31,32)22-6-2-1-3-7-22/h1-3,6-9,11-14,17,28H,4-5,10,15-16H2,(H3,26,27). The molecule has 1 amide bonds. The Labute approximate surface area is 193 Å². The van der Waals surface area contributed by atoms with E-state index in [0.717, 1.165) is 29.7 Å². The lowest BCUT2D eigenvalue weighted by molar-refractivity contribution is -0.118. The third-order valence-electron chi connectivity index (χ3n) is 5.70. The Hall–Kier alpha value is -3.65. The number of hydrogen-bond donors (Lipinski definition) is 3. The largest absolute Gasteiger partial charge is 0.384 e. The molecule has 0 saturated carbocycles. The van der Waals surface area contributed by atoms with Crippen LogP contribution in [0.3, 0.4) is 0 Å². The van der Waals surface area contributed by atoms with Crippen molar-refractivity contribution in [2.45, 2.75) is 30.6 Å². The second-order valence-corrected chi connectivity index (χ2v) is 9.70. The van der Waals surface area contributed by atoms with Gasteiger partial charge in [-0.3, -0.25) is 14.9 Å². The first-order chi connectivity index (χ1) is 15.8. The highest BCUT2D eigenvalue weighted by molar-refractivity contribution is 7.92. The number of nitrogens with one attached hydrogen (secondary N) is 2. The van der Waals surface area contributed by atoms with Gasteiger partial charge in [0.2, 0.25) is 5.91 Å². The molecular formula is C25H26N4O3S. The summed E-state index contributed by atoms with van der Waals surface area (Å²) in [6.45, 7) is 0.601. The van der Waals surface area contributed by atoms with Crippen LogP contribution in [0.2, 0.25) is 0 Å². The second-order valence-electron chi connectivity index (χ2n) is 8.02. The SMILES string of the molecule is N=C(N)c1ccc(CCC(=O)N2CCCc3ccc(NS(=O)(=O)c4ccccc4)cc32)cc1. The fourth-order valence-corrected chi connectivity index (χ4v) is 5.02. The first-order valence-corrected chi connectivity index (χ1v) is 12.3. The summed E-state index contributed by atoms with van der Waals surface area (Å²) in [6, 6.07) is 20.9. The molecule has 0 saturated heterocycles. The molecule has 0 bridgehead atoms. The lowest BCUT2D eigenvalue weighted by atomic mass is 10.00. The van der Waals surface area contributed by atoms with Gasteiger partial charge in [0, 0.05) is 24.2 Å². The summed E-state index contributed by atoms with van der Waals surface area (Å²) in [7, 11) is -3.71. The van der Waals surface area contributed by atoms with E-state index in [4.69, 9.17) is 11.1 Å². The van der Waals surface area contributed by atoms with E-state index >= 15 is 0 Å². The molecule has 0 aliphatic carbocycles. The number of nitrogens with two attached hydrogens (primary N) is 1. The number of carbonyl (C=O) groups excluding carboxylic acids is 1. The maximum atomic E-state index is 13.1. The normalized spacial score (nSPS) is 13.3. The molecular weight excluding hydrogens is 436 g/mol. The predicted octanol–water partition coefficient (Wildman–Crippen LogP) is 3.68. The van der Waals surface area contributed by atoms with Gasteiger partial charge in [0.1, 0.15) is 5.84 Å². The van der Waals surface area contributed by atoms with Crippen molar-refractivity contribution in [2.24, 2.45) is 5.73 Å². The van der Waals surface area contributed by atoms with E-state index in [-0.39, 0.29) is 16.6 Å². The van der Waals surface area contributed by atoms with Gasteiger partial charge in [-0.15, -0.1) is 0 Å². The number of carbonyl (C=O) groups is 1. The van der Waals surface area contributed by atoms with E-state index < -0.39 is 10.0 Å². The number of nitrogen functional groups attached to an aromatic ring is 1. The van der Waals surface area contributed by atoms with E-state index in [0.29, 0.717) is 30.6 Å². The van der Waals surface area contributed by atoms with Crippen molar-refractivity contribution < 1.29 is 13.2 Å². The number of anilines is 2. The molecule has 0 spiro atoms. The molecule has 33 heavy (non-hydrogen) atoms. The molecule has 0 unspecified atom stereocenters. The molecule has 170 valence electrons. The van der Waals surface area contributed by atoms with Crippen LogP contribution >= 0.6 is 0 Å². The average molecular weight is 463 g/mol. The number of aryl methyl sites for hydroxylation is 2. The maximum absolute atomic E-state index is 13.1. The zero-order valence-corrected chi connectivity index (χ0v) is 18.9. The lowest BCUT2D eigenvalue weighted by Gasteiger charge is -2.30.